The van der Waals surface area contributed by atoms with Crippen molar-refractivity contribution in [1.82, 2.24) is 0 Å². The number of carbonyl (C=O) groups excluding carboxylic acids is 4. The molecule has 1 heterocycles. The number of rotatable bonds is 9. The summed E-state index contributed by atoms with van der Waals surface area (Å²) in [6.07, 6.45) is 0.656. The molecule has 0 bridgehead atoms. The molecular formula is C19H32O10S. The van der Waals surface area contributed by atoms with Gasteiger partial charge < -0.3 is 28.4 Å². The Morgan fingerprint density at radius 2 is 1.27 bits per heavy atom. The lowest BCUT2D eigenvalue weighted by molar-refractivity contribution is -0.307. The molecule has 1 aliphatic rings. The van der Waals surface area contributed by atoms with Crippen molar-refractivity contribution in [3.05, 3.63) is 0 Å². The van der Waals surface area contributed by atoms with E-state index in [1.54, 1.807) is 0 Å². The molecule has 0 aromatic rings. The molecule has 10 nitrogen and oxygen atoms in total. The molecule has 30 heavy (non-hydrogen) atoms. The van der Waals surface area contributed by atoms with Gasteiger partial charge in [0.2, 0.25) is 0 Å². The maximum atomic E-state index is 11.7. The molecule has 1 saturated heterocycles. The van der Waals surface area contributed by atoms with E-state index in [9.17, 15) is 19.2 Å². The number of ether oxygens (including phenoxy) is 6. The minimum Gasteiger partial charge on any atom is -0.463 e. The van der Waals surface area contributed by atoms with E-state index in [2.05, 4.69) is 18.8 Å². The van der Waals surface area contributed by atoms with E-state index in [-0.39, 0.29) is 6.61 Å². The van der Waals surface area contributed by atoms with Crippen LogP contribution in [0, 0.1) is 0 Å². The highest BCUT2D eigenvalue weighted by atomic mass is 32.3. The Morgan fingerprint density at radius 3 is 1.73 bits per heavy atom. The van der Waals surface area contributed by atoms with Gasteiger partial charge in [-0.1, -0.05) is 0 Å². The molecule has 5 unspecified atom stereocenters. The summed E-state index contributed by atoms with van der Waals surface area (Å²) in [5.41, 5.74) is 0. The first-order chi connectivity index (χ1) is 13.8. The van der Waals surface area contributed by atoms with Crippen molar-refractivity contribution in [1.29, 1.82) is 0 Å². The summed E-state index contributed by atoms with van der Waals surface area (Å²) in [5, 5.41) is 0. The summed E-state index contributed by atoms with van der Waals surface area (Å²) < 4.78 is 32.7. The van der Waals surface area contributed by atoms with Crippen LogP contribution in [0.2, 0.25) is 0 Å². The summed E-state index contributed by atoms with van der Waals surface area (Å²) in [7, 11) is -0.872. The Morgan fingerprint density at radius 1 is 0.767 bits per heavy atom. The second-order valence-corrected chi connectivity index (χ2v) is 12.3. The Labute approximate surface area is 178 Å². The van der Waals surface area contributed by atoms with Crippen molar-refractivity contribution >= 4 is 33.9 Å². The zero-order chi connectivity index (χ0) is 23.1. The topological polar surface area (TPSA) is 124 Å². The number of carbonyl (C=O) groups is 4. The Kier molecular flexibility index (Phi) is 10.1. The van der Waals surface area contributed by atoms with E-state index >= 15 is 0 Å². The fraction of sp³-hybridized carbons (Fsp3) is 0.789. The average molecular weight is 453 g/mol. The predicted molar refractivity (Wildman–Crippen MR) is 108 cm³/mol. The van der Waals surface area contributed by atoms with Crippen LogP contribution in [0.5, 0.6) is 0 Å². The van der Waals surface area contributed by atoms with Crippen LogP contribution in [0.25, 0.3) is 0 Å². The minimum absolute atomic E-state index is 0.276. The van der Waals surface area contributed by atoms with E-state index in [4.69, 9.17) is 28.4 Å². The largest absolute Gasteiger partial charge is 0.463 e. The van der Waals surface area contributed by atoms with Gasteiger partial charge in [0, 0.05) is 33.4 Å². The molecule has 1 rings (SSSR count). The fourth-order valence-electron chi connectivity index (χ4n) is 2.74. The van der Waals surface area contributed by atoms with Gasteiger partial charge in [-0.25, -0.2) is 10.0 Å². The zero-order valence-corrected chi connectivity index (χ0v) is 19.3. The molecule has 0 aromatic carbocycles. The van der Waals surface area contributed by atoms with Gasteiger partial charge in [-0.15, -0.1) is 0 Å². The standard InChI is InChI=1S/C19H32O10S/c1-11(20)25-10-15-16(26-12(2)21)17(27-13(3)22)18(28-14(4)23)19(29-15)24-8-9-30(5,6)7/h15-19H,8-10H2,1-7H3. The summed E-state index contributed by atoms with van der Waals surface area (Å²) in [6, 6.07) is 0. The third kappa shape index (κ3) is 9.31. The van der Waals surface area contributed by atoms with Crippen LogP contribution in [0.15, 0.2) is 0 Å². The smallest absolute Gasteiger partial charge is 0.303 e. The Bertz CT molecular complexity index is 629. The van der Waals surface area contributed by atoms with Crippen molar-refractivity contribution in [2.45, 2.75) is 58.4 Å². The SMILES string of the molecule is CC(=O)OCC1OC(OCCS(C)(C)C)C(OC(C)=O)C(OC(C)=O)C1OC(C)=O. The molecule has 174 valence electrons. The van der Waals surface area contributed by atoms with Crippen LogP contribution in [-0.4, -0.2) is 92.3 Å². The van der Waals surface area contributed by atoms with Crippen LogP contribution in [-0.2, 0) is 47.6 Å². The maximum Gasteiger partial charge on any atom is 0.303 e. The highest BCUT2D eigenvalue weighted by Gasteiger charge is 2.52. The van der Waals surface area contributed by atoms with Gasteiger partial charge in [-0.05, 0) is 18.8 Å². The monoisotopic (exact) mass is 452 g/mol. The van der Waals surface area contributed by atoms with Crippen LogP contribution >= 0.6 is 10.0 Å². The van der Waals surface area contributed by atoms with Crippen LogP contribution in [0.4, 0.5) is 0 Å². The average Bonchev–Trinajstić information content (AvgIpc) is 2.55. The molecule has 0 radical (unpaired) electrons. The molecule has 11 heteroatoms. The molecule has 5 atom stereocenters. The van der Waals surface area contributed by atoms with E-state index in [0.717, 1.165) is 5.75 Å². The molecular weight excluding hydrogens is 420 g/mol. The van der Waals surface area contributed by atoms with Crippen molar-refractivity contribution in [3.63, 3.8) is 0 Å². The van der Waals surface area contributed by atoms with Gasteiger partial charge in [-0.3, -0.25) is 19.2 Å². The normalized spacial score (nSPS) is 27.0. The van der Waals surface area contributed by atoms with Crippen LogP contribution in [0.1, 0.15) is 27.7 Å². The lowest BCUT2D eigenvalue weighted by Crippen LogP contribution is -2.63. The number of hydrogen-bond acceptors (Lipinski definition) is 10. The third-order valence-electron chi connectivity index (χ3n) is 3.93. The molecule has 0 spiro atoms. The predicted octanol–water partition coefficient (Wildman–Crippen LogP) is 0.780. The zero-order valence-electron chi connectivity index (χ0n) is 18.5. The second kappa shape index (κ2) is 11.5. The van der Waals surface area contributed by atoms with Crippen molar-refractivity contribution in [2.75, 3.05) is 37.7 Å². The maximum absolute atomic E-state index is 11.7. The van der Waals surface area contributed by atoms with E-state index in [1.165, 1.54) is 27.7 Å². The van der Waals surface area contributed by atoms with Gasteiger partial charge in [-0.2, -0.15) is 0 Å². The van der Waals surface area contributed by atoms with Gasteiger partial charge in [0.15, 0.2) is 24.6 Å². The van der Waals surface area contributed by atoms with Crippen molar-refractivity contribution in [2.24, 2.45) is 0 Å². The first kappa shape index (κ1) is 26.2. The summed E-state index contributed by atoms with van der Waals surface area (Å²) in [5.74, 6) is -1.83. The molecule has 0 aromatic heterocycles. The third-order valence-corrected chi connectivity index (χ3v) is 5.32. The van der Waals surface area contributed by atoms with E-state index in [1.807, 2.05) is 0 Å². The molecule has 0 aliphatic carbocycles. The quantitative estimate of drug-likeness (QED) is 0.366. The number of hydrogen-bond donors (Lipinski definition) is 0. The van der Waals surface area contributed by atoms with E-state index < -0.39 is 64.6 Å². The minimum atomic E-state index is -1.21. The van der Waals surface area contributed by atoms with Gasteiger partial charge >= 0.3 is 23.9 Å². The van der Waals surface area contributed by atoms with Gasteiger partial charge in [0.1, 0.15) is 12.7 Å². The lowest BCUT2D eigenvalue weighted by Gasteiger charge is -2.44. The summed E-state index contributed by atoms with van der Waals surface area (Å²) >= 11 is 0. The molecule has 1 aliphatic heterocycles. The lowest BCUT2D eigenvalue weighted by atomic mass is 9.98. The first-order valence-corrected chi connectivity index (χ1v) is 12.4. The second-order valence-electron chi connectivity index (χ2n) is 7.73. The van der Waals surface area contributed by atoms with Crippen molar-refractivity contribution < 1.29 is 47.6 Å². The molecule has 0 saturated carbocycles. The summed E-state index contributed by atoms with van der Waals surface area (Å²) in [6.45, 7) is 4.77. The first-order valence-electron chi connectivity index (χ1n) is 9.38. The van der Waals surface area contributed by atoms with Gasteiger partial charge in [0.25, 0.3) is 0 Å². The van der Waals surface area contributed by atoms with Crippen LogP contribution < -0.4 is 0 Å². The number of esters is 4. The van der Waals surface area contributed by atoms with Crippen LogP contribution in [0.3, 0.4) is 0 Å². The Hall–Kier alpha value is -1.85. The van der Waals surface area contributed by atoms with Crippen molar-refractivity contribution in [3.8, 4) is 0 Å². The summed E-state index contributed by atoms with van der Waals surface area (Å²) in [4.78, 5) is 46.4. The molecule has 0 N–H and O–H groups in total. The van der Waals surface area contributed by atoms with E-state index in [0.29, 0.717) is 6.61 Å². The highest BCUT2D eigenvalue weighted by molar-refractivity contribution is 8.32. The molecule has 0 amide bonds. The highest BCUT2D eigenvalue weighted by Crippen LogP contribution is 2.35. The fourth-order valence-corrected chi connectivity index (χ4v) is 3.33. The molecule has 1 fully saturated rings. The van der Waals surface area contributed by atoms with Gasteiger partial charge in [0.05, 0.1) is 6.61 Å². The Balaban J connectivity index is 3.22.